The molecule has 0 aromatic carbocycles. The molecule has 0 heterocycles. The van der Waals surface area contributed by atoms with Gasteiger partial charge in [-0.25, -0.2) is 13.7 Å². The molecule has 1 amide bonds. The van der Waals surface area contributed by atoms with Crippen LogP contribution in [0.3, 0.4) is 0 Å². The highest BCUT2D eigenvalue weighted by atomic mass is 31.2. The Morgan fingerprint density at radius 1 is 0.600 bits per heavy atom. The molecule has 0 saturated heterocycles. The second kappa shape index (κ2) is 36.0. The van der Waals surface area contributed by atoms with E-state index in [0.29, 0.717) is 12.8 Å². The third-order valence-corrected chi connectivity index (χ3v) is 10.7. The van der Waals surface area contributed by atoms with Crippen LogP contribution in [0.4, 0.5) is 0 Å². The zero-order valence-corrected chi connectivity index (χ0v) is 39.5. The standard InChI is InChI=1S/C26H53O19P3.C15H11NO.9H2/c1-2-3-4-5-6-7-8-9-10-11-12-13-14-15-20(28)42-19(16-40-18-27)17-41-48(38,39)45-24-21(29)22(30)25(43-46(32,33)34)26(23(24)31)44-47(35,36)37;1-3-5-6-7-8-9-10-11-12-14-16-15(17)13-4-2;;;;;;;;;/h19,21-27,29-31H,2-18H2,1H3,(H,38,39)(H2,32,33,34)(H2,35,36,37);4,13H2,1-2H3,(H,16,17);9*1H/t19-,21+,22?,23?,24?,25-,26+;;;;;;;;;;/m1........../s1. The van der Waals surface area contributed by atoms with Gasteiger partial charge in [-0.05, 0) is 43.4 Å². The normalized spacial score (nSPS) is 20.3. The van der Waals surface area contributed by atoms with Crippen LogP contribution in [0, 0.1) is 59.3 Å². The highest BCUT2D eigenvalue weighted by Crippen LogP contribution is 2.51. The van der Waals surface area contributed by atoms with Gasteiger partial charge in [0, 0.05) is 55.4 Å². The first kappa shape index (κ1) is 61.9. The minimum Gasteiger partial charge on any atom is -0.457 e. The van der Waals surface area contributed by atoms with Gasteiger partial charge in [0.05, 0.1) is 13.2 Å². The fourth-order valence-electron chi connectivity index (χ4n) is 5.72. The summed E-state index contributed by atoms with van der Waals surface area (Å²) in [5, 5.41) is 42.6. The van der Waals surface area contributed by atoms with Gasteiger partial charge in [0.2, 0.25) is 5.91 Å². The topological polar surface area (TPSA) is 335 Å². The fourth-order valence-corrected chi connectivity index (χ4v) is 7.81. The molecule has 1 fully saturated rings. The monoisotopic (exact) mass is 1000 g/mol. The van der Waals surface area contributed by atoms with Gasteiger partial charge in [-0.2, -0.15) is 0 Å². The number of rotatable bonds is 29. The third kappa shape index (κ3) is 33.1. The van der Waals surface area contributed by atoms with Crippen LogP contribution in [0.5, 0.6) is 0 Å². The van der Waals surface area contributed by atoms with Crippen molar-refractivity contribution < 1.29 is 109 Å². The summed E-state index contributed by atoms with van der Waals surface area (Å²) < 4.78 is 63.4. The van der Waals surface area contributed by atoms with E-state index in [2.05, 4.69) is 80.6 Å². The zero-order valence-electron chi connectivity index (χ0n) is 36.8. The third-order valence-electron chi connectivity index (χ3n) is 8.70. The minimum atomic E-state index is -5.56. The van der Waals surface area contributed by atoms with Gasteiger partial charge in [-0.1, -0.05) is 96.8 Å². The van der Waals surface area contributed by atoms with Crippen LogP contribution in [0.2, 0.25) is 0 Å². The number of phosphoric acid groups is 3. The van der Waals surface area contributed by atoms with E-state index in [-0.39, 0.29) is 25.2 Å². The van der Waals surface area contributed by atoms with Crippen LogP contribution in [-0.4, -0.2) is 120 Å². The first-order valence-corrected chi connectivity index (χ1v) is 25.5. The molecule has 1 aliphatic rings. The molecule has 10 N–H and O–H groups in total. The number of aliphatic hydroxyl groups excluding tert-OH is 4. The van der Waals surface area contributed by atoms with Gasteiger partial charge < -0.3 is 54.4 Å². The molecule has 8 atom stereocenters. The van der Waals surface area contributed by atoms with Crippen LogP contribution < -0.4 is 5.32 Å². The maximum atomic E-state index is 12.7. The number of esters is 1. The van der Waals surface area contributed by atoms with Gasteiger partial charge in [-0.15, -0.1) is 0 Å². The van der Waals surface area contributed by atoms with Crippen molar-refractivity contribution in [1.29, 1.82) is 0 Å². The number of hydrogen-bond donors (Lipinski definition) is 10. The first-order valence-electron chi connectivity index (χ1n) is 21.0. The van der Waals surface area contributed by atoms with Gasteiger partial charge >= 0.3 is 29.4 Å². The van der Waals surface area contributed by atoms with Crippen molar-refractivity contribution >= 4 is 35.3 Å². The Morgan fingerprint density at radius 2 is 1.06 bits per heavy atom. The molecule has 4 unspecified atom stereocenters. The Hall–Kier alpha value is -3.13. The number of unbranched alkanes of at least 4 members (excludes halogenated alkanes) is 12. The van der Waals surface area contributed by atoms with Crippen molar-refractivity contribution in [3.63, 3.8) is 0 Å². The van der Waals surface area contributed by atoms with E-state index >= 15 is 0 Å². The molecule has 1 aliphatic carbocycles. The summed E-state index contributed by atoms with van der Waals surface area (Å²) >= 11 is 0. The molecule has 24 heteroatoms. The molecule has 0 aliphatic heterocycles. The lowest BCUT2D eigenvalue weighted by atomic mass is 9.85. The lowest BCUT2D eigenvalue weighted by Crippen LogP contribution is -2.65. The summed E-state index contributed by atoms with van der Waals surface area (Å²) in [4.78, 5) is 70.0. The number of carbonyl (C=O) groups is 2. The van der Waals surface area contributed by atoms with Crippen molar-refractivity contribution in [3.8, 4) is 59.3 Å². The quantitative estimate of drug-likeness (QED) is 0.0118. The van der Waals surface area contributed by atoms with Crippen molar-refractivity contribution in [3.05, 3.63) is 0 Å². The lowest BCUT2D eigenvalue weighted by molar-refractivity contribution is -0.213. The summed E-state index contributed by atoms with van der Waals surface area (Å²) in [5.41, 5.74) is 0. The molecule has 0 spiro atoms. The van der Waals surface area contributed by atoms with E-state index in [0.717, 1.165) is 32.1 Å². The average Bonchev–Trinajstić information content (AvgIpc) is 3.23. The van der Waals surface area contributed by atoms with Gasteiger partial charge in [0.1, 0.15) is 49.5 Å². The minimum absolute atomic E-state index is 0. The number of hydrogen-bond acceptors (Lipinski definition) is 15. The van der Waals surface area contributed by atoms with E-state index < -0.39 is 92.2 Å². The Bertz CT molecular complexity index is 1900. The molecule has 386 valence electrons. The fraction of sp³-hybridized carbons (Fsp3) is 0.707. The van der Waals surface area contributed by atoms with Crippen molar-refractivity contribution in [2.24, 2.45) is 0 Å². The SMILES string of the molecule is CC#CC#CC#CC#CC#CNC(=O)CCC.CCCCCCCCCCCCCCCC(=O)O[C@H](COCO)COP(=O)(O)OC1C(O)[C@H](OP(=O)(O)O)[C@H](OP(=O)(O)O)C(O)[C@@H]1O.[HH].[HH].[HH].[HH].[HH].[HH].[HH].[HH].[HH]. The van der Waals surface area contributed by atoms with Gasteiger partial charge in [0.25, 0.3) is 0 Å². The number of nitrogens with one attached hydrogen (secondary N) is 1. The smallest absolute Gasteiger partial charge is 0.457 e. The van der Waals surface area contributed by atoms with Gasteiger partial charge in [-0.3, -0.25) is 33.0 Å². The van der Waals surface area contributed by atoms with Gasteiger partial charge in [0.15, 0.2) is 0 Å². The molecule has 0 bridgehead atoms. The zero-order chi connectivity index (χ0) is 49.2. The van der Waals surface area contributed by atoms with Crippen molar-refractivity contribution in [2.75, 3.05) is 20.0 Å². The Morgan fingerprint density at radius 3 is 1.54 bits per heavy atom. The summed E-state index contributed by atoms with van der Waals surface area (Å²) in [6.07, 6.45) is -0.424. The predicted molar refractivity (Wildman–Crippen MR) is 252 cm³/mol. The first-order chi connectivity index (χ1) is 30.7. The maximum Gasteiger partial charge on any atom is 0.472 e. The second-order valence-electron chi connectivity index (χ2n) is 14.2. The lowest BCUT2D eigenvalue weighted by Gasteiger charge is -2.44. The Kier molecular flexibility index (Phi) is 34.2. The van der Waals surface area contributed by atoms with E-state index in [4.69, 9.17) is 43.2 Å². The molecular weight excluding hydrogens is 919 g/mol. The van der Waals surface area contributed by atoms with Crippen LogP contribution in [0.15, 0.2) is 0 Å². The maximum absolute atomic E-state index is 12.7. The summed E-state index contributed by atoms with van der Waals surface area (Å²) in [6, 6.07) is 2.43. The van der Waals surface area contributed by atoms with E-state index in [1.54, 1.807) is 6.92 Å². The number of phosphoric ester groups is 3. The molecule has 0 aromatic heterocycles. The Labute approximate surface area is 394 Å². The molecule has 21 nitrogen and oxygen atoms in total. The van der Waals surface area contributed by atoms with E-state index in [1.165, 1.54) is 51.4 Å². The second-order valence-corrected chi connectivity index (χ2v) is 18.0. The molecule has 0 radical (unpaired) electrons. The van der Waals surface area contributed by atoms with Crippen LogP contribution in [0.1, 0.15) is 136 Å². The van der Waals surface area contributed by atoms with E-state index in [1.807, 2.05) is 6.92 Å². The molecule has 1 saturated carbocycles. The number of amides is 1. The largest absolute Gasteiger partial charge is 0.472 e. The predicted octanol–water partition coefficient (Wildman–Crippen LogP) is 5.01. The Balaban J connectivity index is -0.000000170. The van der Waals surface area contributed by atoms with Crippen molar-refractivity contribution in [1.82, 2.24) is 5.32 Å². The highest BCUT2D eigenvalue weighted by Gasteiger charge is 2.56. The van der Waals surface area contributed by atoms with Crippen LogP contribution >= 0.6 is 23.5 Å². The van der Waals surface area contributed by atoms with Crippen LogP contribution in [-0.2, 0) is 50.9 Å². The molecule has 0 aromatic rings. The molecular formula is C41H82NO20P3. The number of carbonyl (C=O) groups excluding carboxylic acids is 2. The van der Waals surface area contributed by atoms with Crippen molar-refractivity contribution in [2.45, 2.75) is 166 Å². The summed E-state index contributed by atoms with van der Waals surface area (Å²) in [7, 11) is -16.4. The summed E-state index contributed by atoms with van der Waals surface area (Å²) in [6.45, 7) is 3.68. The van der Waals surface area contributed by atoms with E-state index in [9.17, 15) is 43.5 Å². The number of aliphatic hydroxyl groups is 4. The van der Waals surface area contributed by atoms with Crippen LogP contribution in [0.25, 0.3) is 0 Å². The highest BCUT2D eigenvalue weighted by molar-refractivity contribution is 7.47. The summed E-state index contributed by atoms with van der Waals surface area (Å²) in [5.74, 6) is 21.8. The molecule has 1 rings (SSSR count). The average molecular weight is 1000 g/mol. The molecule has 65 heavy (non-hydrogen) atoms. The number of ether oxygens (including phenoxy) is 2.